The van der Waals surface area contributed by atoms with Crippen molar-refractivity contribution < 1.29 is 4.74 Å². The van der Waals surface area contributed by atoms with Crippen LogP contribution in [0.3, 0.4) is 0 Å². The van der Waals surface area contributed by atoms with Gasteiger partial charge in [-0.05, 0) is 25.2 Å². The molecule has 4 nitrogen and oxygen atoms in total. The zero-order chi connectivity index (χ0) is 14.4. The van der Waals surface area contributed by atoms with Gasteiger partial charge in [0.2, 0.25) is 0 Å². The third-order valence-corrected chi connectivity index (χ3v) is 3.14. The number of benzene rings is 1. The van der Waals surface area contributed by atoms with Crippen molar-refractivity contribution in [2.24, 2.45) is 0 Å². The van der Waals surface area contributed by atoms with Gasteiger partial charge in [-0.2, -0.15) is 0 Å². The lowest BCUT2D eigenvalue weighted by Gasteiger charge is -2.20. The minimum absolute atomic E-state index is 0.764. The first kappa shape index (κ1) is 14.3. The van der Waals surface area contributed by atoms with Gasteiger partial charge in [-0.15, -0.1) is 0 Å². The Morgan fingerprint density at radius 3 is 2.70 bits per heavy atom. The molecule has 1 heterocycles. The maximum Gasteiger partial charge on any atom is 0.128 e. The van der Waals surface area contributed by atoms with Crippen LogP contribution < -0.4 is 15.0 Å². The molecule has 1 N–H and O–H groups in total. The van der Waals surface area contributed by atoms with Crippen molar-refractivity contribution in [3.63, 3.8) is 0 Å². The second kappa shape index (κ2) is 6.91. The number of aromatic nitrogens is 1. The van der Waals surface area contributed by atoms with E-state index in [4.69, 9.17) is 4.74 Å². The Hall–Kier alpha value is -2.07. The topological polar surface area (TPSA) is 37.4 Å². The zero-order valence-electron chi connectivity index (χ0n) is 12.3. The molecule has 1 aromatic carbocycles. The van der Waals surface area contributed by atoms with E-state index < -0.39 is 0 Å². The van der Waals surface area contributed by atoms with Crippen LogP contribution in [0.2, 0.25) is 0 Å². The first-order valence-corrected chi connectivity index (χ1v) is 6.68. The summed E-state index contributed by atoms with van der Waals surface area (Å²) in [7, 11) is 5.66. The second-order valence-electron chi connectivity index (χ2n) is 4.69. The molecule has 0 saturated carbocycles. The lowest BCUT2D eigenvalue weighted by molar-refractivity contribution is 0.409. The molecule has 0 unspecified atom stereocenters. The van der Waals surface area contributed by atoms with E-state index in [1.165, 1.54) is 0 Å². The van der Waals surface area contributed by atoms with Crippen LogP contribution in [0.4, 0.5) is 5.82 Å². The van der Waals surface area contributed by atoms with Crippen molar-refractivity contribution in [1.29, 1.82) is 0 Å². The number of para-hydroxylation sites is 1. The van der Waals surface area contributed by atoms with E-state index >= 15 is 0 Å². The zero-order valence-corrected chi connectivity index (χ0v) is 12.3. The van der Waals surface area contributed by atoms with Crippen LogP contribution in [0.25, 0.3) is 0 Å². The second-order valence-corrected chi connectivity index (χ2v) is 4.69. The molecular formula is C16H21N3O. The molecule has 2 rings (SSSR count). The Morgan fingerprint density at radius 1 is 1.15 bits per heavy atom. The largest absolute Gasteiger partial charge is 0.496 e. The van der Waals surface area contributed by atoms with Crippen LogP contribution in [0.5, 0.6) is 5.75 Å². The van der Waals surface area contributed by atoms with E-state index in [2.05, 4.69) is 21.3 Å². The maximum atomic E-state index is 5.39. The SMILES string of the molecule is CNCc1cccc(N(C)Cc2ccccc2OC)n1. The summed E-state index contributed by atoms with van der Waals surface area (Å²) >= 11 is 0. The number of methoxy groups -OCH3 is 1. The van der Waals surface area contributed by atoms with Crippen LogP contribution >= 0.6 is 0 Å². The normalized spacial score (nSPS) is 10.3. The fraction of sp³-hybridized carbons (Fsp3) is 0.312. The van der Waals surface area contributed by atoms with Gasteiger partial charge in [-0.1, -0.05) is 24.3 Å². The first-order chi connectivity index (χ1) is 9.74. The van der Waals surface area contributed by atoms with E-state index in [9.17, 15) is 0 Å². The highest BCUT2D eigenvalue weighted by Crippen LogP contribution is 2.21. The summed E-state index contributed by atoms with van der Waals surface area (Å²) in [6.45, 7) is 1.54. The molecule has 1 aromatic heterocycles. The summed E-state index contributed by atoms with van der Waals surface area (Å²) in [5, 5.41) is 3.12. The molecule has 0 aliphatic heterocycles. The Balaban J connectivity index is 2.15. The van der Waals surface area contributed by atoms with Crippen LogP contribution in [0.1, 0.15) is 11.3 Å². The molecule has 0 atom stereocenters. The van der Waals surface area contributed by atoms with Crippen molar-refractivity contribution in [1.82, 2.24) is 10.3 Å². The van der Waals surface area contributed by atoms with Crippen molar-refractivity contribution in [2.45, 2.75) is 13.1 Å². The average molecular weight is 271 g/mol. The highest BCUT2D eigenvalue weighted by molar-refractivity contribution is 5.42. The Kier molecular flexibility index (Phi) is 4.96. The summed E-state index contributed by atoms with van der Waals surface area (Å²) in [5.74, 6) is 1.87. The number of pyridine rings is 1. The average Bonchev–Trinajstić information content (AvgIpc) is 2.48. The van der Waals surface area contributed by atoms with Crippen molar-refractivity contribution in [2.75, 3.05) is 26.1 Å². The summed E-state index contributed by atoms with van der Waals surface area (Å²) in [6.07, 6.45) is 0. The number of hydrogen-bond donors (Lipinski definition) is 1. The summed E-state index contributed by atoms with van der Waals surface area (Å²) in [6, 6.07) is 14.1. The van der Waals surface area contributed by atoms with Gasteiger partial charge in [-0.25, -0.2) is 4.98 Å². The van der Waals surface area contributed by atoms with Crippen molar-refractivity contribution in [3.05, 3.63) is 53.7 Å². The van der Waals surface area contributed by atoms with E-state index in [0.717, 1.165) is 35.9 Å². The van der Waals surface area contributed by atoms with E-state index in [1.54, 1.807) is 7.11 Å². The van der Waals surface area contributed by atoms with Crippen LogP contribution in [-0.4, -0.2) is 26.2 Å². The first-order valence-electron chi connectivity index (χ1n) is 6.68. The molecule has 0 aliphatic rings. The maximum absolute atomic E-state index is 5.39. The Labute approximate surface area is 120 Å². The van der Waals surface area contributed by atoms with Crippen LogP contribution in [0, 0.1) is 0 Å². The molecule has 0 spiro atoms. The fourth-order valence-electron chi connectivity index (χ4n) is 2.13. The summed E-state index contributed by atoms with van der Waals surface area (Å²) in [4.78, 5) is 6.76. The number of nitrogens with zero attached hydrogens (tertiary/aromatic N) is 2. The van der Waals surface area contributed by atoms with Gasteiger partial charge in [-0.3, -0.25) is 0 Å². The standard InChI is InChI=1S/C16H21N3O/c1-17-11-14-8-6-10-16(18-14)19(2)12-13-7-4-5-9-15(13)20-3/h4-10,17H,11-12H2,1-3H3. The van der Waals surface area contributed by atoms with Crippen LogP contribution in [-0.2, 0) is 13.1 Å². The lowest BCUT2D eigenvalue weighted by Crippen LogP contribution is -2.19. The van der Waals surface area contributed by atoms with Crippen LogP contribution in [0.15, 0.2) is 42.5 Å². The van der Waals surface area contributed by atoms with Gasteiger partial charge >= 0.3 is 0 Å². The smallest absolute Gasteiger partial charge is 0.128 e. The molecule has 0 fully saturated rings. The summed E-state index contributed by atoms with van der Waals surface area (Å²) < 4.78 is 5.39. The molecule has 0 amide bonds. The van der Waals surface area contributed by atoms with Gasteiger partial charge < -0.3 is 15.0 Å². The molecule has 4 heteroatoms. The molecule has 0 bridgehead atoms. The Morgan fingerprint density at radius 2 is 1.95 bits per heavy atom. The molecule has 106 valence electrons. The number of hydrogen-bond acceptors (Lipinski definition) is 4. The molecule has 20 heavy (non-hydrogen) atoms. The molecule has 2 aromatic rings. The molecule has 0 radical (unpaired) electrons. The number of ether oxygens (including phenoxy) is 1. The van der Waals surface area contributed by atoms with Gasteiger partial charge in [0.15, 0.2) is 0 Å². The third-order valence-electron chi connectivity index (χ3n) is 3.14. The quantitative estimate of drug-likeness (QED) is 0.875. The third kappa shape index (κ3) is 3.48. The van der Waals surface area contributed by atoms with Gasteiger partial charge in [0.05, 0.1) is 12.8 Å². The van der Waals surface area contributed by atoms with Gasteiger partial charge in [0.1, 0.15) is 11.6 Å². The van der Waals surface area contributed by atoms with E-state index in [0.29, 0.717) is 0 Å². The van der Waals surface area contributed by atoms with Crippen molar-refractivity contribution >= 4 is 5.82 Å². The summed E-state index contributed by atoms with van der Waals surface area (Å²) in [5.41, 5.74) is 2.19. The van der Waals surface area contributed by atoms with Gasteiger partial charge in [0, 0.05) is 25.7 Å². The number of anilines is 1. The molecule has 0 saturated heterocycles. The predicted octanol–water partition coefficient (Wildman–Crippen LogP) is 2.45. The van der Waals surface area contributed by atoms with Crippen molar-refractivity contribution in [3.8, 4) is 5.75 Å². The molecular weight excluding hydrogens is 250 g/mol. The predicted molar refractivity (Wildman–Crippen MR) is 82.1 cm³/mol. The monoisotopic (exact) mass is 271 g/mol. The van der Waals surface area contributed by atoms with E-state index in [-0.39, 0.29) is 0 Å². The highest BCUT2D eigenvalue weighted by Gasteiger charge is 2.08. The number of rotatable bonds is 6. The fourth-order valence-corrected chi connectivity index (χ4v) is 2.13. The minimum Gasteiger partial charge on any atom is -0.496 e. The number of nitrogens with one attached hydrogen (secondary N) is 1. The molecule has 0 aliphatic carbocycles. The lowest BCUT2D eigenvalue weighted by atomic mass is 10.2. The Bertz CT molecular complexity index is 557. The van der Waals surface area contributed by atoms with E-state index in [1.807, 2.05) is 50.5 Å². The highest BCUT2D eigenvalue weighted by atomic mass is 16.5. The minimum atomic E-state index is 0.764. The van der Waals surface area contributed by atoms with Gasteiger partial charge in [0.25, 0.3) is 0 Å².